The van der Waals surface area contributed by atoms with Crippen LogP contribution in [0.15, 0.2) is 24.3 Å². The van der Waals surface area contributed by atoms with Crippen LogP contribution in [0.5, 0.6) is 0 Å². The Morgan fingerprint density at radius 3 is 2.80 bits per heavy atom. The molecule has 1 aromatic carbocycles. The van der Waals surface area contributed by atoms with E-state index in [4.69, 9.17) is 0 Å². The Kier molecular flexibility index (Phi) is 2.07. The summed E-state index contributed by atoms with van der Waals surface area (Å²) in [5.74, 6) is 0. The third-order valence-corrected chi connectivity index (χ3v) is 1.60. The SMILES string of the molecule is C1=[NH+]c2ccccc2C1.[Cl-]. The molecule has 10 heavy (non-hydrogen) atoms. The first kappa shape index (κ1) is 7.29. The number of halogens is 1. The molecule has 0 saturated heterocycles. The second-order valence-electron chi connectivity index (χ2n) is 2.21. The Morgan fingerprint density at radius 2 is 2.00 bits per heavy atom. The highest BCUT2D eigenvalue weighted by Gasteiger charge is 2.09. The highest BCUT2D eigenvalue weighted by atomic mass is 35.5. The van der Waals surface area contributed by atoms with Crippen LogP contribution < -0.4 is 17.4 Å². The van der Waals surface area contributed by atoms with Crippen LogP contribution in [0.4, 0.5) is 5.69 Å². The van der Waals surface area contributed by atoms with Gasteiger partial charge in [-0.1, -0.05) is 18.2 Å². The van der Waals surface area contributed by atoms with Crippen LogP contribution in [0, 0.1) is 0 Å². The fourth-order valence-electron chi connectivity index (χ4n) is 1.11. The van der Waals surface area contributed by atoms with Crippen LogP contribution in [-0.2, 0) is 6.42 Å². The number of hydrogen-bond donors (Lipinski definition) is 1. The highest BCUT2D eigenvalue weighted by molar-refractivity contribution is 5.65. The number of hydrogen-bond acceptors (Lipinski definition) is 0. The minimum Gasteiger partial charge on any atom is -1.00 e. The van der Waals surface area contributed by atoms with E-state index in [-0.39, 0.29) is 12.4 Å². The largest absolute Gasteiger partial charge is 1.00 e. The lowest BCUT2D eigenvalue weighted by molar-refractivity contribution is -0.343. The van der Waals surface area contributed by atoms with Crippen molar-refractivity contribution >= 4 is 11.9 Å². The molecule has 1 nitrogen and oxygen atoms in total. The van der Waals surface area contributed by atoms with Crippen molar-refractivity contribution in [1.29, 1.82) is 0 Å². The molecule has 0 fully saturated rings. The first-order valence-corrected chi connectivity index (χ1v) is 3.13. The predicted octanol–water partition coefficient (Wildman–Crippen LogP) is -2.97. The molecule has 52 valence electrons. The molecule has 0 aliphatic carbocycles. The van der Waals surface area contributed by atoms with Crippen molar-refractivity contribution in [2.75, 3.05) is 0 Å². The smallest absolute Gasteiger partial charge is 0.206 e. The summed E-state index contributed by atoms with van der Waals surface area (Å²) in [7, 11) is 0. The maximum Gasteiger partial charge on any atom is 0.206 e. The van der Waals surface area contributed by atoms with Crippen molar-refractivity contribution in [2.45, 2.75) is 6.42 Å². The number of nitrogens with one attached hydrogen (secondary N) is 1. The van der Waals surface area contributed by atoms with Gasteiger partial charge in [-0.05, 0) is 0 Å². The van der Waals surface area contributed by atoms with Gasteiger partial charge in [0.15, 0.2) is 0 Å². The first-order valence-electron chi connectivity index (χ1n) is 3.13. The zero-order chi connectivity index (χ0) is 6.10. The minimum atomic E-state index is 0. The molecular formula is C8H8ClN. The van der Waals surface area contributed by atoms with E-state index < -0.39 is 0 Å². The summed E-state index contributed by atoms with van der Waals surface area (Å²) in [4.78, 5) is 3.18. The van der Waals surface area contributed by atoms with Gasteiger partial charge < -0.3 is 12.4 Å². The van der Waals surface area contributed by atoms with E-state index in [2.05, 4.69) is 29.4 Å². The number of para-hydroxylation sites is 1. The summed E-state index contributed by atoms with van der Waals surface area (Å²) in [6, 6.07) is 8.36. The van der Waals surface area contributed by atoms with Gasteiger partial charge >= 0.3 is 0 Å². The van der Waals surface area contributed by atoms with Gasteiger partial charge in [0.25, 0.3) is 0 Å². The number of rotatable bonds is 0. The normalized spacial score (nSPS) is 12.4. The number of benzene rings is 1. The Bertz CT molecular complexity index is 255. The lowest BCUT2D eigenvalue weighted by Crippen LogP contribution is -3.00. The Morgan fingerprint density at radius 1 is 1.20 bits per heavy atom. The molecule has 0 bridgehead atoms. The second kappa shape index (κ2) is 2.84. The molecule has 1 aliphatic heterocycles. The van der Waals surface area contributed by atoms with Crippen molar-refractivity contribution in [3.63, 3.8) is 0 Å². The van der Waals surface area contributed by atoms with E-state index >= 15 is 0 Å². The molecular weight excluding hydrogens is 146 g/mol. The lowest BCUT2D eigenvalue weighted by Gasteiger charge is -1.85. The Labute approximate surface area is 66.2 Å². The quantitative estimate of drug-likeness (QED) is 0.409. The molecule has 1 heterocycles. The second-order valence-corrected chi connectivity index (χ2v) is 2.21. The minimum absolute atomic E-state index is 0. The van der Waals surface area contributed by atoms with Gasteiger partial charge in [-0.15, -0.1) is 0 Å². The van der Waals surface area contributed by atoms with Crippen molar-refractivity contribution in [2.24, 2.45) is 0 Å². The summed E-state index contributed by atoms with van der Waals surface area (Å²) in [6.45, 7) is 0. The third-order valence-electron chi connectivity index (χ3n) is 1.60. The van der Waals surface area contributed by atoms with Crippen molar-refractivity contribution in [3.05, 3.63) is 29.8 Å². The summed E-state index contributed by atoms with van der Waals surface area (Å²) >= 11 is 0. The van der Waals surface area contributed by atoms with Gasteiger partial charge in [-0.2, -0.15) is 0 Å². The molecule has 1 N–H and O–H groups in total. The van der Waals surface area contributed by atoms with Gasteiger partial charge in [-0.3, -0.25) is 0 Å². The molecule has 0 amide bonds. The Hall–Kier alpha value is -0.820. The van der Waals surface area contributed by atoms with E-state index in [1.54, 1.807) is 0 Å². The zero-order valence-electron chi connectivity index (χ0n) is 5.47. The van der Waals surface area contributed by atoms with Crippen molar-refractivity contribution < 1.29 is 17.4 Å². The van der Waals surface area contributed by atoms with Gasteiger partial charge in [0, 0.05) is 11.6 Å². The van der Waals surface area contributed by atoms with Gasteiger partial charge in [0.2, 0.25) is 5.69 Å². The standard InChI is InChI=1S/C8H7N.ClH/c1-2-4-8-7(3-1)5-6-9-8;/h1-4,6H,5H2;1H. The third kappa shape index (κ3) is 1.05. The summed E-state index contributed by atoms with van der Waals surface area (Å²) < 4.78 is 0. The van der Waals surface area contributed by atoms with Gasteiger partial charge in [0.1, 0.15) is 6.21 Å². The molecule has 0 saturated carbocycles. The molecule has 2 heteroatoms. The molecule has 1 aromatic rings. The maximum atomic E-state index is 3.18. The van der Waals surface area contributed by atoms with Crippen LogP contribution in [-0.4, -0.2) is 6.21 Å². The van der Waals surface area contributed by atoms with Crippen LogP contribution >= 0.6 is 0 Å². The number of fused-ring (bicyclic) bond motifs is 1. The topological polar surface area (TPSA) is 14.0 Å². The van der Waals surface area contributed by atoms with E-state index in [9.17, 15) is 0 Å². The molecule has 2 rings (SSSR count). The van der Waals surface area contributed by atoms with E-state index in [1.165, 1.54) is 11.3 Å². The molecule has 0 aromatic heterocycles. The van der Waals surface area contributed by atoms with E-state index in [0.29, 0.717) is 0 Å². The monoisotopic (exact) mass is 153 g/mol. The summed E-state index contributed by atoms with van der Waals surface area (Å²) in [5.41, 5.74) is 2.66. The average molecular weight is 154 g/mol. The zero-order valence-corrected chi connectivity index (χ0v) is 6.23. The van der Waals surface area contributed by atoms with E-state index in [1.807, 2.05) is 6.07 Å². The van der Waals surface area contributed by atoms with Crippen molar-refractivity contribution in [1.82, 2.24) is 0 Å². The molecule has 0 radical (unpaired) electrons. The highest BCUT2D eigenvalue weighted by Crippen LogP contribution is 2.09. The first-order chi connectivity index (χ1) is 4.47. The summed E-state index contributed by atoms with van der Waals surface area (Å²) in [5, 5.41) is 0. The molecule has 0 atom stereocenters. The fraction of sp³-hybridized carbons (Fsp3) is 0.125. The Balaban J connectivity index is 0.000000500. The maximum absolute atomic E-state index is 3.18. The average Bonchev–Trinajstić information content (AvgIpc) is 2.33. The molecule has 0 unspecified atom stereocenters. The van der Waals surface area contributed by atoms with Gasteiger partial charge in [0.05, 0.1) is 6.42 Å². The van der Waals surface area contributed by atoms with Crippen LogP contribution in [0.2, 0.25) is 0 Å². The summed E-state index contributed by atoms with van der Waals surface area (Å²) in [6.07, 6.45) is 3.14. The lowest BCUT2D eigenvalue weighted by atomic mass is 10.2. The molecule has 0 spiro atoms. The van der Waals surface area contributed by atoms with Crippen LogP contribution in [0.1, 0.15) is 5.56 Å². The van der Waals surface area contributed by atoms with Gasteiger partial charge in [-0.25, -0.2) is 4.99 Å². The van der Waals surface area contributed by atoms with Crippen molar-refractivity contribution in [3.8, 4) is 0 Å². The predicted molar refractivity (Wildman–Crippen MR) is 36.8 cm³/mol. The van der Waals surface area contributed by atoms with Crippen LogP contribution in [0.3, 0.4) is 0 Å². The van der Waals surface area contributed by atoms with Crippen LogP contribution in [0.25, 0.3) is 0 Å². The fourth-order valence-corrected chi connectivity index (χ4v) is 1.11. The molecule has 1 aliphatic rings. The van der Waals surface area contributed by atoms with E-state index in [0.717, 1.165) is 6.42 Å².